The summed E-state index contributed by atoms with van der Waals surface area (Å²) in [6.45, 7) is 26.0. The first-order valence-electron chi connectivity index (χ1n) is 19.2. The van der Waals surface area contributed by atoms with Crippen LogP contribution in [0.5, 0.6) is 0 Å². The zero-order valence-electron chi connectivity index (χ0n) is 33.4. The summed E-state index contributed by atoms with van der Waals surface area (Å²) in [5.74, 6) is 2.78. The molecule has 2 unspecified atom stereocenters. The smallest absolute Gasteiger partial charge is 0.162 e. The van der Waals surface area contributed by atoms with Gasteiger partial charge >= 0.3 is 0 Å². The van der Waals surface area contributed by atoms with Crippen molar-refractivity contribution in [1.82, 2.24) is 4.98 Å². The molecule has 0 spiro atoms. The summed E-state index contributed by atoms with van der Waals surface area (Å²) in [6.07, 6.45) is 2.59. The van der Waals surface area contributed by atoms with Gasteiger partial charge < -0.3 is 5.11 Å². The first kappa shape index (κ1) is 42.0. The van der Waals surface area contributed by atoms with Crippen LogP contribution in [0.2, 0.25) is 0 Å². The van der Waals surface area contributed by atoms with Crippen LogP contribution in [-0.2, 0) is 36.7 Å². The molecule has 0 fully saturated rings. The third kappa shape index (κ3) is 8.64. The number of benzene rings is 3. The van der Waals surface area contributed by atoms with Crippen molar-refractivity contribution in [3.05, 3.63) is 107 Å². The Kier molecular flexibility index (Phi) is 13.9. The van der Waals surface area contributed by atoms with Crippen molar-refractivity contribution in [3.8, 4) is 11.3 Å². The average molecular weight is 895 g/mol. The number of rotatable bonds is 10. The number of pyridine rings is 1. The van der Waals surface area contributed by atoms with Gasteiger partial charge in [0.05, 0.1) is 11.3 Å². The van der Waals surface area contributed by atoms with E-state index in [0.29, 0.717) is 40.8 Å². The molecule has 1 N–H and O–H groups in total. The van der Waals surface area contributed by atoms with E-state index in [-0.39, 0.29) is 48.9 Å². The third-order valence-corrected chi connectivity index (χ3v) is 12.5. The van der Waals surface area contributed by atoms with E-state index < -0.39 is 0 Å². The average Bonchev–Trinajstić information content (AvgIpc) is 3.53. The van der Waals surface area contributed by atoms with Crippen LogP contribution in [0.1, 0.15) is 117 Å². The van der Waals surface area contributed by atoms with Crippen molar-refractivity contribution >= 4 is 28.4 Å². The number of aliphatic hydroxyl groups is 1. The number of aromatic nitrogens is 1. The third-order valence-electron chi connectivity index (χ3n) is 11.1. The summed E-state index contributed by atoms with van der Waals surface area (Å²) < 4.78 is 0. The first-order chi connectivity index (χ1) is 24.0. The Bertz CT molecular complexity index is 1870. The number of allylic oxidation sites excluding steroid dienone is 2. The molecule has 281 valence electrons. The molecule has 1 aliphatic carbocycles. The van der Waals surface area contributed by atoms with Gasteiger partial charge in [0, 0.05) is 54.1 Å². The van der Waals surface area contributed by atoms with E-state index in [9.17, 15) is 9.90 Å². The van der Waals surface area contributed by atoms with Gasteiger partial charge in [0.25, 0.3) is 0 Å². The molecule has 0 saturated carbocycles. The molecule has 6 rings (SSSR count). The minimum Gasteiger partial charge on any atom is -0.512 e. The molecule has 4 aromatic rings. The molecule has 1 aromatic heterocycles. The van der Waals surface area contributed by atoms with Crippen LogP contribution in [0.15, 0.2) is 83.5 Å². The Morgan fingerprint density at radius 3 is 2.10 bits per heavy atom. The molecule has 5 heteroatoms. The minimum absolute atomic E-state index is 0. The van der Waals surface area contributed by atoms with Crippen LogP contribution >= 0.6 is 11.8 Å². The molecule has 0 amide bonds. The zero-order valence-corrected chi connectivity index (χ0v) is 36.6. The quantitative estimate of drug-likeness (QED) is 0.0979. The van der Waals surface area contributed by atoms with E-state index in [1.54, 1.807) is 0 Å². The number of carbonyl (C=O) groups excluding carboxylic acids is 1. The molecule has 1 aliphatic heterocycles. The molecule has 2 atom stereocenters. The van der Waals surface area contributed by atoms with E-state index in [4.69, 9.17) is 4.98 Å². The number of hydrogen-bond donors (Lipinski definition) is 1. The van der Waals surface area contributed by atoms with Crippen LogP contribution in [0, 0.1) is 47.5 Å². The molecule has 2 heterocycles. The summed E-state index contributed by atoms with van der Waals surface area (Å²) in [7, 11) is 0. The Labute approximate surface area is 332 Å². The number of aliphatic hydroxyl groups excluding tert-OH is 1. The fourth-order valence-electron chi connectivity index (χ4n) is 9.16. The molecule has 2 aliphatic rings. The van der Waals surface area contributed by atoms with Crippen molar-refractivity contribution in [2.24, 2.45) is 41.4 Å². The van der Waals surface area contributed by atoms with Gasteiger partial charge in [0.2, 0.25) is 0 Å². The van der Waals surface area contributed by atoms with Crippen LogP contribution in [0.25, 0.3) is 22.2 Å². The Morgan fingerprint density at radius 1 is 0.846 bits per heavy atom. The van der Waals surface area contributed by atoms with E-state index in [1.165, 1.54) is 44.2 Å². The summed E-state index contributed by atoms with van der Waals surface area (Å²) in [4.78, 5) is 18.9. The maximum atomic E-state index is 12.3. The van der Waals surface area contributed by atoms with E-state index in [0.717, 1.165) is 17.6 Å². The number of nitrogens with zero attached hydrogens (tertiary/aromatic N) is 1. The Morgan fingerprint density at radius 2 is 1.48 bits per heavy atom. The molecule has 1 radical (unpaired) electrons. The monoisotopic (exact) mass is 895 g/mol. The molecular formula is C47H60IrNO2S-. The van der Waals surface area contributed by atoms with Gasteiger partial charge in [0.15, 0.2) is 5.78 Å². The van der Waals surface area contributed by atoms with Crippen LogP contribution in [-0.4, -0.2) is 15.9 Å². The maximum Gasteiger partial charge on any atom is 0.162 e. The van der Waals surface area contributed by atoms with Crippen molar-refractivity contribution in [2.75, 3.05) is 0 Å². The van der Waals surface area contributed by atoms with Crippen molar-refractivity contribution < 1.29 is 30.0 Å². The van der Waals surface area contributed by atoms with Gasteiger partial charge in [-0.05, 0) is 81.8 Å². The molecule has 3 nitrogen and oxygen atoms in total. The topological polar surface area (TPSA) is 50.2 Å². The van der Waals surface area contributed by atoms with E-state index in [1.807, 2.05) is 11.8 Å². The number of ketones is 1. The van der Waals surface area contributed by atoms with Gasteiger partial charge in [0.1, 0.15) is 0 Å². The number of thioether (sulfide) groups is 1. The van der Waals surface area contributed by atoms with Gasteiger partial charge in [-0.3, -0.25) is 9.78 Å². The van der Waals surface area contributed by atoms with Crippen LogP contribution < -0.4 is 0 Å². The second-order valence-electron chi connectivity index (χ2n) is 17.3. The minimum atomic E-state index is -0.0119. The van der Waals surface area contributed by atoms with Gasteiger partial charge in [-0.2, -0.15) is 0 Å². The van der Waals surface area contributed by atoms with E-state index in [2.05, 4.69) is 156 Å². The Hall–Kier alpha value is -2.72. The first-order valence-corrected chi connectivity index (χ1v) is 20.1. The predicted octanol–water partition coefficient (Wildman–Crippen LogP) is 13.0. The summed E-state index contributed by atoms with van der Waals surface area (Å²) in [5.41, 5.74) is 9.09. The van der Waals surface area contributed by atoms with Crippen LogP contribution in [0.3, 0.4) is 0 Å². The SMILES string of the molecule is CC(C)C(C(=O)/C=C(\O)C(C(C)C)C(C)C)C(C)C.CC(C)Cc1ccc2nc(-c3[c-]ccc4c3C(C)(C)C3c5ccccc5SC43)ccc2c1.[Ir]. The number of fused-ring (bicyclic) bond motifs is 6. The molecule has 52 heavy (non-hydrogen) atoms. The second kappa shape index (κ2) is 17.2. The van der Waals surface area contributed by atoms with Gasteiger partial charge in [-0.1, -0.05) is 119 Å². The van der Waals surface area contributed by atoms with Gasteiger partial charge in [-0.15, -0.1) is 46.7 Å². The fraction of sp³-hybridized carbons (Fsp3) is 0.489. The molecule has 0 bridgehead atoms. The standard InChI is InChI=1S/C30H28NS.C17H32O2.Ir/c1-18(2)16-19-12-14-24-20(17-19)13-15-25(31-24)21-9-7-10-23-27(21)30(3,4)28-22-8-5-6-11-26(22)32-29(23)28;1-10(2)16(11(3)4)14(18)9-15(19)17(12(5)6)13(7)8;/h5-8,10-15,17-18,28-29H,16H2,1-4H3;9-13,16-18H,1-8H3;/q-1;;/b;14-9-;. The van der Waals surface area contributed by atoms with Crippen molar-refractivity contribution in [3.63, 3.8) is 0 Å². The predicted molar refractivity (Wildman–Crippen MR) is 217 cm³/mol. The van der Waals surface area contributed by atoms with E-state index >= 15 is 0 Å². The normalized spacial score (nSPS) is 17.6. The van der Waals surface area contributed by atoms with Crippen LogP contribution in [0.4, 0.5) is 0 Å². The van der Waals surface area contributed by atoms with Crippen molar-refractivity contribution in [2.45, 2.75) is 111 Å². The summed E-state index contributed by atoms with van der Waals surface area (Å²) >= 11 is 2.03. The summed E-state index contributed by atoms with van der Waals surface area (Å²) in [5, 5.41) is 12.0. The maximum absolute atomic E-state index is 12.3. The largest absolute Gasteiger partial charge is 0.512 e. The zero-order chi connectivity index (χ0) is 37.4. The number of hydrogen-bond acceptors (Lipinski definition) is 4. The summed E-state index contributed by atoms with van der Waals surface area (Å²) in [6, 6.07) is 28.1. The molecule has 3 aromatic carbocycles. The van der Waals surface area contributed by atoms with Crippen molar-refractivity contribution in [1.29, 1.82) is 0 Å². The molecular weight excluding hydrogens is 835 g/mol. The second-order valence-corrected chi connectivity index (χ2v) is 18.5. The van der Waals surface area contributed by atoms with Gasteiger partial charge in [-0.25, -0.2) is 0 Å². The Balaban J connectivity index is 0.000000263. The molecule has 0 saturated heterocycles. The number of carbonyl (C=O) groups is 1. The fourth-order valence-corrected chi connectivity index (χ4v) is 10.9.